The Bertz CT molecular complexity index is 1440. The molecule has 5 N–H and O–H groups in total. The molecule has 3 rings (SSSR count). The van der Waals surface area contributed by atoms with Gasteiger partial charge in [-0.15, -0.1) is 0 Å². The van der Waals surface area contributed by atoms with Gasteiger partial charge < -0.3 is 63.8 Å². The zero-order chi connectivity index (χ0) is 44.4. The molecule has 3 aliphatic rings. The van der Waals surface area contributed by atoms with E-state index in [-0.39, 0.29) is 38.0 Å². The van der Waals surface area contributed by atoms with Crippen LogP contribution in [0.2, 0.25) is 0 Å². The number of likely N-dealkylation sites (N-methyl/N-ethyl adjacent to an activating group) is 1. The molecule has 0 bridgehead atoms. The third-order valence-corrected chi connectivity index (χ3v) is 11.0. The lowest BCUT2D eigenvalue weighted by Crippen LogP contribution is -2.66. The van der Waals surface area contributed by atoms with Crippen LogP contribution in [0.1, 0.15) is 93.9 Å². The summed E-state index contributed by atoms with van der Waals surface area (Å²) in [6, 6.07) is -0.808. The van der Waals surface area contributed by atoms with E-state index in [1.165, 1.54) is 14.0 Å². The van der Waals surface area contributed by atoms with Crippen LogP contribution in [0, 0.1) is 17.8 Å². The summed E-state index contributed by atoms with van der Waals surface area (Å²) in [7, 11) is 4.81. The van der Waals surface area contributed by atoms with E-state index >= 15 is 0 Å². The van der Waals surface area contributed by atoms with Gasteiger partial charge in [-0.3, -0.25) is 19.2 Å². The van der Waals surface area contributed by atoms with Crippen molar-refractivity contribution in [3.8, 4) is 0 Å². The lowest BCUT2D eigenvalue weighted by Gasteiger charge is -2.50. The molecule has 2 fully saturated rings. The van der Waals surface area contributed by atoms with Gasteiger partial charge in [0.05, 0.1) is 36.9 Å². The standard InChI is InChI=1S/C42H70N2O15/c1-22(2)17-32(48)57-40-26(6)54-34(21-42(40,8)51)58-37-25(5)55-41(36(50)35(37)44(9)10)59-38-28(19-31(43)47)18-23(3)29(46)16-14-12-13-15-24(4)53-33(49)20-30(39(38)52-11)56-27(7)45/h12-15,22-26,28-30,34-41,46,50-51H,16-21H2,1-11H3,(H2,43,47)/b14-12+,15-13-/t23-,24-,25-,26+,28-,29+,30-,34+,35-,36-,37-,38+,39+,40+,41+,42-/m1/s1. The molecule has 0 aromatic rings. The van der Waals surface area contributed by atoms with Crippen molar-refractivity contribution in [3.63, 3.8) is 0 Å². The Morgan fingerprint density at radius 1 is 1.00 bits per heavy atom. The summed E-state index contributed by atoms with van der Waals surface area (Å²) in [4.78, 5) is 52.7. The Hall–Kier alpha value is -3.00. The molecule has 0 spiro atoms. The zero-order valence-corrected chi connectivity index (χ0v) is 36.6. The number of primary amides is 1. The first kappa shape index (κ1) is 50.4. The fraction of sp³-hybridized carbons (Fsp3) is 0.810. The predicted molar refractivity (Wildman–Crippen MR) is 213 cm³/mol. The molecule has 3 heterocycles. The molecule has 17 heteroatoms. The number of aliphatic hydroxyl groups excluding tert-OH is 2. The highest BCUT2D eigenvalue weighted by atomic mass is 16.7. The number of aliphatic hydroxyl groups is 3. The molecule has 16 atom stereocenters. The average molecular weight is 843 g/mol. The second-order valence-corrected chi connectivity index (χ2v) is 17.2. The summed E-state index contributed by atoms with van der Waals surface area (Å²) in [5.41, 5.74) is 4.29. The summed E-state index contributed by atoms with van der Waals surface area (Å²) < 4.78 is 48.5. The summed E-state index contributed by atoms with van der Waals surface area (Å²) in [6.45, 7) is 13.4. The molecule has 1 amide bonds. The first-order valence-electron chi connectivity index (χ1n) is 20.6. The highest BCUT2D eigenvalue weighted by Crippen LogP contribution is 2.38. The average Bonchev–Trinajstić information content (AvgIpc) is 3.09. The topological polar surface area (TPSA) is 232 Å². The lowest BCUT2D eigenvalue weighted by atomic mass is 9.81. The van der Waals surface area contributed by atoms with Crippen LogP contribution in [0.3, 0.4) is 0 Å². The Kier molecular flexibility index (Phi) is 19.4. The van der Waals surface area contributed by atoms with E-state index in [2.05, 4.69) is 0 Å². The SMILES string of the molecule is CO[C@@H]1[C@@H](O[C@@H]2O[C@H](C)[C@@H](O[C@H]3C[C@@](C)(O)[C@@H](OC(=O)CC(C)C)[C@H](C)O3)[C@H](N(C)C)[C@H]2O)[C@@H](CC(N)=O)C[C@@H](C)[C@@H](O)C/C=C/C=C\[C@@H](C)OC(=O)C[C@H]1OC(C)=O. The number of carbonyl (C=O) groups excluding carboxylic acids is 4. The van der Waals surface area contributed by atoms with Crippen LogP contribution < -0.4 is 5.73 Å². The maximum absolute atomic E-state index is 13.3. The molecular weight excluding hydrogens is 772 g/mol. The third kappa shape index (κ3) is 14.8. The molecule has 0 radical (unpaired) electrons. The molecule has 0 unspecified atom stereocenters. The second kappa shape index (κ2) is 22.7. The van der Waals surface area contributed by atoms with Gasteiger partial charge in [-0.25, -0.2) is 0 Å². The van der Waals surface area contributed by atoms with Crippen LogP contribution >= 0.6 is 0 Å². The predicted octanol–water partition coefficient (Wildman–Crippen LogP) is 2.30. The van der Waals surface area contributed by atoms with Crippen LogP contribution in [-0.2, 0) is 57.1 Å². The van der Waals surface area contributed by atoms with Gasteiger partial charge in [-0.2, -0.15) is 0 Å². The molecule has 0 saturated carbocycles. The van der Waals surface area contributed by atoms with Crippen LogP contribution in [0.4, 0.5) is 0 Å². The van der Waals surface area contributed by atoms with E-state index in [0.29, 0.717) is 0 Å². The van der Waals surface area contributed by atoms with E-state index in [1.807, 2.05) is 20.8 Å². The van der Waals surface area contributed by atoms with Gasteiger partial charge >= 0.3 is 17.9 Å². The fourth-order valence-electron chi connectivity index (χ4n) is 8.21. The quantitative estimate of drug-likeness (QED) is 0.163. The van der Waals surface area contributed by atoms with Gasteiger partial charge in [0.15, 0.2) is 18.7 Å². The van der Waals surface area contributed by atoms with Crippen molar-refractivity contribution in [2.24, 2.45) is 23.5 Å². The Labute approximate surface area is 348 Å². The molecule has 0 aliphatic carbocycles. The largest absolute Gasteiger partial charge is 0.459 e. The van der Waals surface area contributed by atoms with Crippen molar-refractivity contribution >= 4 is 23.8 Å². The fourth-order valence-corrected chi connectivity index (χ4v) is 8.21. The van der Waals surface area contributed by atoms with Gasteiger partial charge in [0.25, 0.3) is 0 Å². The van der Waals surface area contributed by atoms with E-state index < -0.39 is 127 Å². The van der Waals surface area contributed by atoms with Crippen LogP contribution in [0.5, 0.6) is 0 Å². The monoisotopic (exact) mass is 842 g/mol. The van der Waals surface area contributed by atoms with Crippen LogP contribution in [0.25, 0.3) is 0 Å². The number of hydrogen-bond acceptors (Lipinski definition) is 16. The Morgan fingerprint density at radius 3 is 2.25 bits per heavy atom. The van der Waals surface area contributed by atoms with E-state index in [9.17, 15) is 34.5 Å². The molecule has 2 saturated heterocycles. The minimum Gasteiger partial charge on any atom is -0.459 e. The number of carbonyl (C=O) groups is 4. The Morgan fingerprint density at radius 2 is 1.68 bits per heavy atom. The zero-order valence-electron chi connectivity index (χ0n) is 36.6. The highest BCUT2D eigenvalue weighted by molar-refractivity contribution is 5.74. The number of rotatable bonds is 12. The van der Waals surface area contributed by atoms with Crippen molar-refractivity contribution in [2.75, 3.05) is 21.2 Å². The third-order valence-electron chi connectivity index (χ3n) is 11.0. The summed E-state index contributed by atoms with van der Waals surface area (Å²) in [5.74, 6) is -3.73. The molecule has 59 heavy (non-hydrogen) atoms. The molecule has 3 aliphatic heterocycles. The van der Waals surface area contributed by atoms with Crippen molar-refractivity contribution in [2.45, 2.75) is 179 Å². The molecule has 0 aromatic carbocycles. The van der Waals surface area contributed by atoms with Crippen molar-refractivity contribution in [1.82, 2.24) is 4.90 Å². The number of ether oxygens (including phenoxy) is 8. The van der Waals surface area contributed by atoms with Gasteiger partial charge in [0, 0.05) is 33.3 Å². The summed E-state index contributed by atoms with van der Waals surface area (Å²) >= 11 is 0. The maximum atomic E-state index is 13.3. The van der Waals surface area contributed by atoms with Gasteiger partial charge in [-0.1, -0.05) is 39.0 Å². The normalized spacial score (nSPS) is 40.2. The van der Waals surface area contributed by atoms with Crippen molar-refractivity contribution in [3.05, 3.63) is 24.3 Å². The summed E-state index contributed by atoms with van der Waals surface area (Å²) in [5, 5.41) is 34.7. The summed E-state index contributed by atoms with van der Waals surface area (Å²) in [6.07, 6.45) is -5.68. The van der Waals surface area contributed by atoms with Gasteiger partial charge in [0.1, 0.15) is 36.1 Å². The maximum Gasteiger partial charge on any atom is 0.310 e. The number of amides is 1. The van der Waals surface area contributed by atoms with Crippen molar-refractivity contribution in [1.29, 1.82) is 0 Å². The van der Waals surface area contributed by atoms with Crippen LogP contribution in [0.15, 0.2) is 24.3 Å². The number of hydrogen-bond donors (Lipinski definition) is 4. The molecule has 0 aromatic heterocycles. The number of methoxy groups -OCH3 is 1. The van der Waals surface area contributed by atoms with Crippen molar-refractivity contribution < 1.29 is 72.4 Å². The van der Waals surface area contributed by atoms with E-state index in [0.717, 1.165) is 0 Å². The molecular formula is C42H70N2O15. The number of allylic oxidation sites excluding steroid dienone is 2. The van der Waals surface area contributed by atoms with Gasteiger partial charge in [-0.05, 0) is 78.5 Å². The van der Waals surface area contributed by atoms with Gasteiger partial charge in [0.2, 0.25) is 5.91 Å². The van der Waals surface area contributed by atoms with Crippen LogP contribution in [-0.4, -0.2) is 151 Å². The first-order valence-corrected chi connectivity index (χ1v) is 20.6. The number of esters is 3. The minimum atomic E-state index is -1.51. The Balaban J connectivity index is 2.00. The highest BCUT2D eigenvalue weighted by Gasteiger charge is 2.53. The number of cyclic esters (lactones) is 1. The first-order chi connectivity index (χ1) is 27.5. The number of nitrogens with two attached hydrogens (primary N) is 1. The van der Waals surface area contributed by atoms with E-state index in [1.54, 1.807) is 71.0 Å². The number of nitrogens with zero attached hydrogens (tertiary/aromatic N) is 1. The van der Waals surface area contributed by atoms with E-state index in [4.69, 9.17) is 43.6 Å². The smallest absolute Gasteiger partial charge is 0.310 e. The molecule has 338 valence electrons. The molecule has 17 nitrogen and oxygen atoms in total. The lowest BCUT2D eigenvalue weighted by molar-refractivity contribution is -0.344. The second-order valence-electron chi connectivity index (χ2n) is 17.2. The minimum absolute atomic E-state index is 0.0579.